The minimum Gasteiger partial charge on any atom is -0.473 e. The molecule has 0 aliphatic heterocycles. The number of thioether (sulfide) groups is 1. The normalized spacial score (nSPS) is 11.2. The maximum absolute atomic E-state index is 10.3. The molecule has 112 valence electrons. The lowest BCUT2D eigenvalue weighted by Gasteiger charge is -1.98. The highest BCUT2D eigenvalue weighted by Crippen LogP contribution is 2.10. The first-order chi connectivity index (χ1) is 9.27. The van der Waals surface area contributed by atoms with Gasteiger partial charge < -0.3 is 5.11 Å². The maximum Gasteiger partial charge on any atom is 0.364 e. The third-order valence-corrected chi connectivity index (χ3v) is 3.87. The molecular weight excluding hydrogens is 256 g/mol. The van der Waals surface area contributed by atoms with Crippen LogP contribution in [0.1, 0.15) is 77.6 Å². The lowest BCUT2D eigenvalue weighted by Crippen LogP contribution is -1.87. The van der Waals surface area contributed by atoms with E-state index in [0.29, 0.717) is 0 Å². The van der Waals surface area contributed by atoms with Gasteiger partial charge in [-0.15, -0.1) is 0 Å². The van der Waals surface area contributed by atoms with Crippen LogP contribution in [0.5, 0.6) is 0 Å². The van der Waals surface area contributed by atoms with Crippen molar-refractivity contribution in [2.45, 2.75) is 77.6 Å². The summed E-state index contributed by atoms with van der Waals surface area (Å²) in [6.45, 7) is 2.25. The number of hydrogen-bond donors (Lipinski definition) is 1. The number of carboxylic acid groups (broad SMARTS) is 1. The Hall–Kier alpha value is -0.440. The van der Waals surface area contributed by atoms with Crippen molar-refractivity contribution < 1.29 is 9.90 Å². The maximum atomic E-state index is 10.3. The average Bonchev–Trinajstić information content (AvgIpc) is 2.39. The molecule has 19 heavy (non-hydrogen) atoms. The minimum atomic E-state index is -0.748. The Balaban J connectivity index is 3.06. The Bertz CT molecular complexity index is 227. The Morgan fingerprint density at radius 1 is 0.895 bits per heavy atom. The van der Waals surface area contributed by atoms with Crippen LogP contribution in [-0.2, 0) is 0 Å². The summed E-state index contributed by atoms with van der Waals surface area (Å²) in [6.07, 6.45) is 18.5. The van der Waals surface area contributed by atoms with Crippen molar-refractivity contribution in [2.24, 2.45) is 0 Å². The van der Waals surface area contributed by atoms with Crippen LogP contribution in [0.25, 0.3) is 0 Å². The number of allylic oxidation sites excluding steroid dienone is 2. The SMILES string of the molecule is CCCCCCCC=CCCCCCCSC(=O)O. The first-order valence-electron chi connectivity index (χ1n) is 7.78. The van der Waals surface area contributed by atoms with Crippen molar-refractivity contribution in [3.05, 3.63) is 12.2 Å². The molecule has 0 aromatic carbocycles. The number of rotatable bonds is 13. The predicted molar refractivity (Wildman–Crippen MR) is 86.1 cm³/mol. The summed E-state index contributed by atoms with van der Waals surface area (Å²) in [6, 6.07) is 0. The summed E-state index contributed by atoms with van der Waals surface area (Å²) >= 11 is 1.02. The first-order valence-corrected chi connectivity index (χ1v) is 8.76. The van der Waals surface area contributed by atoms with Crippen molar-refractivity contribution in [2.75, 3.05) is 5.75 Å². The van der Waals surface area contributed by atoms with Gasteiger partial charge in [0, 0.05) is 5.75 Å². The second-order valence-corrected chi connectivity index (χ2v) is 6.04. The van der Waals surface area contributed by atoms with Crippen molar-refractivity contribution >= 4 is 17.1 Å². The molecule has 2 nitrogen and oxygen atoms in total. The van der Waals surface area contributed by atoms with Gasteiger partial charge in [-0.1, -0.05) is 57.6 Å². The van der Waals surface area contributed by atoms with Crippen molar-refractivity contribution in [1.29, 1.82) is 0 Å². The van der Waals surface area contributed by atoms with Crippen LogP contribution in [0.3, 0.4) is 0 Å². The van der Waals surface area contributed by atoms with E-state index in [1.54, 1.807) is 0 Å². The molecule has 0 fully saturated rings. The fraction of sp³-hybridized carbons (Fsp3) is 0.812. The molecule has 0 amide bonds. The molecule has 0 aromatic rings. The highest BCUT2D eigenvalue weighted by atomic mass is 32.2. The molecule has 0 spiro atoms. The van der Waals surface area contributed by atoms with Crippen LogP contribution in [0.4, 0.5) is 4.79 Å². The number of carbonyl (C=O) groups is 1. The number of hydrogen-bond acceptors (Lipinski definition) is 2. The summed E-state index contributed by atoms with van der Waals surface area (Å²) in [5.74, 6) is 0.753. The van der Waals surface area contributed by atoms with Gasteiger partial charge in [0.1, 0.15) is 0 Å². The molecule has 0 heterocycles. The van der Waals surface area contributed by atoms with E-state index in [1.807, 2.05) is 0 Å². The summed E-state index contributed by atoms with van der Waals surface area (Å²) in [4.78, 5) is 10.3. The standard InChI is InChI=1S/C16H30O2S/c1-2-3-4-5-6-7-8-9-10-11-12-13-14-15-19-16(17)18/h8-9H,2-7,10-15H2,1H3,(H,17,18). The van der Waals surface area contributed by atoms with Crippen LogP contribution in [0.2, 0.25) is 0 Å². The zero-order valence-electron chi connectivity index (χ0n) is 12.4. The van der Waals surface area contributed by atoms with Crippen LogP contribution < -0.4 is 0 Å². The lowest BCUT2D eigenvalue weighted by atomic mass is 10.1. The monoisotopic (exact) mass is 286 g/mol. The van der Waals surface area contributed by atoms with Gasteiger partial charge in [0.25, 0.3) is 0 Å². The van der Waals surface area contributed by atoms with E-state index in [9.17, 15) is 4.79 Å². The van der Waals surface area contributed by atoms with Gasteiger partial charge in [0.2, 0.25) is 0 Å². The predicted octanol–water partition coefficient (Wildman–Crippen LogP) is 6.26. The Kier molecular flexibility index (Phi) is 15.3. The van der Waals surface area contributed by atoms with Crippen molar-refractivity contribution in [1.82, 2.24) is 0 Å². The second-order valence-electron chi connectivity index (χ2n) is 4.99. The van der Waals surface area contributed by atoms with Crippen molar-refractivity contribution in [3.8, 4) is 0 Å². The molecule has 0 aromatic heterocycles. The first kappa shape index (κ1) is 18.6. The largest absolute Gasteiger partial charge is 0.473 e. The number of unbranched alkanes of at least 4 members (excludes halogenated alkanes) is 9. The highest BCUT2D eigenvalue weighted by Gasteiger charge is 1.96. The minimum absolute atomic E-state index is 0.748. The second kappa shape index (κ2) is 15.6. The van der Waals surface area contributed by atoms with Gasteiger partial charge in [-0.05, 0) is 43.9 Å². The Morgan fingerprint density at radius 2 is 1.42 bits per heavy atom. The van der Waals surface area contributed by atoms with Gasteiger partial charge in [0.15, 0.2) is 0 Å². The molecule has 0 bridgehead atoms. The molecule has 0 atom stereocenters. The fourth-order valence-corrected chi connectivity index (χ4v) is 2.50. The fourth-order valence-electron chi connectivity index (χ4n) is 1.98. The van der Waals surface area contributed by atoms with E-state index in [0.717, 1.165) is 30.4 Å². The molecule has 1 N–H and O–H groups in total. The van der Waals surface area contributed by atoms with Gasteiger partial charge in [-0.3, -0.25) is 0 Å². The molecule has 0 radical (unpaired) electrons. The molecule has 0 unspecified atom stereocenters. The molecule has 0 saturated carbocycles. The highest BCUT2D eigenvalue weighted by molar-refractivity contribution is 8.13. The third kappa shape index (κ3) is 17.6. The molecule has 3 heteroatoms. The van der Waals surface area contributed by atoms with E-state index >= 15 is 0 Å². The van der Waals surface area contributed by atoms with Crippen LogP contribution in [0, 0.1) is 0 Å². The van der Waals surface area contributed by atoms with Crippen molar-refractivity contribution in [3.63, 3.8) is 0 Å². The topological polar surface area (TPSA) is 37.3 Å². The molecule has 0 rings (SSSR count). The van der Waals surface area contributed by atoms with Gasteiger partial charge >= 0.3 is 5.30 Å². The smallest absolute Gasteiger partial charge is 0.364 e. The van der Waals surface area contributed by atoms with Gasteiger partial charge in [-0.25, -0.2) is 4.79 Å². The third-order valence-electron chi connectivity index (χ3n) is 3.13. The quantitative estimate of drug-likeness (QED) is 0.320. The summed E-state index contributed by atoms with van der Waals surface area (Å²) < 4.78 is 0. The zero-order chi connectivity index (χ0) is 14.2. The van der Waals surface area contributed by atoms with E-state index in [2.05, 4.69) is 19.1 Å². The lowest BCUT2D eigenvalue weighted by molar-refractivity contribution is 0.222. The molecule has 0 aliphatic carbocycles. The van der Waals surface area contributed by atoms with E-state index < -0.39 is 5.30 Å². The molecule has 0 saturated heterocycles. The summed E-state index contributed by atoms with van der Waals surface area (Å²) in [5, 5.41) is 7.71. The van der Waals surface area contributed by atoms with Crippen LogP contribution in [0.15, 0.2) is 12.2 Å². The average molecular weight is 286 g/mol. The summed E-state index contributed by atoms with van der Waals surface area (Å²) in [7, 11) is 0. The zero-order valence-corrected chi connectivity index (χ0v) is 13.2. The van der Waals surface area contributed by atoms with Crippen LogP contribution >= 0.6 is 11.8 Å². The molecular formula is C16H30O2S. The van der Waals surface area contributed by atoms with E-state index in [4.69, 9.17) is 5.11 Å². The van der Waals surface area contributed by atoms with Gasteiger partial charge in [0.05, 0.1) is 0 Å². The molecule has 0 aliphatic rings. The summed E-state index contributed by atoms with van der Waals surface area (Å²) in [5.41, 5.74) is 0. The van der Waals surface area contributed by atoms with Crippen LogP contribution in [-0.4, -0.2) is 16.2 Å². The van der Waals surface area contributed by atoms with E-state index in [1.165, 1.54) is 57.8 Å². The van der Waals surface area contributed by atoms with E-state index in [-0.39, 0.29) is 0 Å². The van der Waals surface area contributed by atoms with Gasteiger partial charge in [-0.2, -0.15) is 0 Å². The Labute approximate surface area is 123 Å². The Morgan fingerprint density at radius 3 is 1.95 bits per heavy atom.